The molecule has 232 valence electrons. The summed E-state index contributed by atoms with van der Waals surface area (Å²) in [6.07, 6.45) is 7.60. The molecule has 2 saturated heterocycles. The Bertz CT molecular complexity index is 1730. The summed E-state index contributed by atoms with van der Waals surface area (Å²) in [4.78, 5) is 29.4. The van der Waals surface area contributed by atoms with E-state index in [4.69, 9.17) is 15.6 Å². The predicted molar refractivity (Wildman–Crippen MR) is 167 cm³/mol. The number of carbonyl (C=O) groups is 2. The van der Waals surface area contributed by atoms with Crippen LogP contribution in [0.4, 0.5) is 4.39 Å². The van der Waals surface area contributed by atoms with Crippen LogP contribution in [-0.2, 0) is 16.1 Å². The summed E-state index contributed by atoms with van der Waals surface area (Å²) in [5.41, 5.74) is 11.8. The maximum absolute atomic E-state index is 15.7. The van der Waals surface area contributed by atoms with Gasteiger partial charge < -0.3 is 24.8 Å². The molecule has 5 heterocycles. The zero-order valence-electron chi connectivity index (χ0n) is 25.6. The molecule has 44 heavy (non-hydrogen) atoms. The number of pyridine rings is 1. The van der Waals surface area contributed by atoms with E-state index >= 15 is 4.39 Å². The number of hydrogen-bond donors (Lipinski definition) is 1. The van der Waals surface area contributed by atoms with Crippen LogP contribution in [0.1, 0.15) is 65.9 Å². The van der Waals surface area contributed by atoms with E-state index in [1.54, 1.807) is 22.7 Å². The number of carbonyl (C=O) groups excluding carboxylic acids is 2. The molecule has 1 saturated carbocycles. The average Bonchev–Trinajstić information content (AvgIpc) is 3.68. The highest BCUT2D eigenvalue weighted by Gasteiger charge is 2.30. The summed E-state index contributed by atoms with van der Waals surface area (Å²) in [5.74, 6) is 0.330. The zero-order chi connectivity index (χ0) is 30.5. The summed E-state index contributed by atoms with van der Waals surface area (Å²) in [5, 5.41) is 6.07. The first-order valence-electron chi connectivity index (χ1n) is 15.9. The standard InChI is InChI=1S/C34H41FN6O3/c1-21-31(37-41-18-25(15-28(35)32(21)41)34(43)39-12-4-6-26(36)19-39)29-16-24-5-3-7-27(33(24)40(29)17-22-8-9-22)23-10-13-38(14-11-23)30(42)20-44-2/h3,5,7,15-16,18,22-23,26H,4,6,8-14,17,19-20,36H2,1-2H3/t26-/m1/s1. The number of piperidine rings is 2. The molecular weight excluding hydrogens is 559 g/mol. The van der Waals surface area contributed by atoms with Crippen LogP contribution in [0.25, 0.3) is 27.8 Å². The Balaban J connectivity index is 1.27. The second-order valence-corrected chi connectivity index (χ2v) is 13.0. The number of halogens is 1. The highest BCUT2D eigenvalue weighted by atomic mass is 19.1. The number of rotatable bonds is 7. The number of methoxy groups -OCH3 is 1. The molecule has 1 aliphatic carbocycles. The fourth-order valence-corrected chi connectivity index (χ4v) is 7.29. The number of amides is 2. The van der Waals surface area contributed by atoms with E-state index in [2.05, 4.69) is 28.8 Å². The number of likely N-dealkylation sites (tertiary alicyclic amines) is 2. The van der Waals surface area contributed by atoms with Gasteiger partial charge >= 0.3 is 0 Å². The van der Waals surface area contributed by atoms with E-state index in [0.717, 1.165) is 54.6 Å². The lowest BCUT2D eigenvalue weighted by Gasteiger charge is -2.32. The Morgan fingerprint density at radius 3 is 2.57 bits per heavy atom. The Morgan fingerprint density at radius 2 is 1.84 bits per heavy atom. The normalized spacial score (nSPS) is 19.8. The van der Waals surface area contributed by atoms with Crippen LogP contribution in [0.3, 0.4) is 0 Å². The molecule has 0 bridgehead atoms. The van der Waals surface area contributed by atoms with E-state index in [9.17, 15) is 9.59 Å². The van der Waals surface area contributed by atoms with Crippen LogP contribution in [-0.4, -0.2) is 81.7 Å². The number of aryl methyl sites for hydroxylation is 1. The van der Waals surface area contributed by atoms with Crippen LogP contribution in [0.2, 0.25) is 0 Å². The SMILES string of the molecule is COCC(=O)N1CCC(c2cccc3cc(-c4nn5cc(C(=O)N6CCC[C@@H](N)C6)cc(F)c5c4C)n(CC4CC4)c23)CC1. The van der Waals surface area contributed by atoms with E-state index in [1.165, 1.54) is 30.0 Å². The first-order valence-corrected chi connectivity index (χ1v) is 15.9. The van der Waals surface area contributed by atoms with Crippen LogP contribution < -0.4 is 5.73 Å². The fourth-order valence-electron chi connectivity index (χ4n) is 7.29. The van der Waals surface area contributed by atoms with Crippen molar-refractivity contribution >= 4 is 28.2 Å². The summed E-state index contributed by atoms with van der Waals surface area (Å²) in [7, 11) is 1.56. The van der Waals surface area contributed by atoms with Crippen molar-refractivity contribution in [2.24, 2.45) is 11.7 Å². The Kier molecular flexibility index (Phi) is 7.66. The largest absolute Gasteiger partial charge is 0.375 e. The first kappa shape index (κ1) is 29.0. The topological polar surface area (TPSA) is 98.1 Å². The number of aromatic nitrogens is 3. The second-order valence-electron chi connectivity index (χ2n) is 13.0. The van der Waals surface area contributed by atoms with Gasteiger partial charge in [0.2, 0.25) is 5.91 Å². The fraction of sp³-hybridized carbons (Fsp3) is 0.500. The average molecular weight is 601 g/mol. The Morgan fingerprint density at radius 1 is 1.05 bits per heavy atom. The molecule has 3 aromatic heterocycles. The van der Waals surface area contributed by atoms with Crippen molar-refractivity contribution in [1.82, 2.24) is 24.0 Å². The highest BCUT2D eigenvalue weighted by Crippen LogP contribution is 2.41. The maximum atomic E-state index is 15.7. The summed E-state index contributed by atoms with van der Waals surface area (Å²) in [6.45, 7) is 5.46. The van der Waals surface area contributed by atoms with Gasteiger partial charge in [0.05, 0.1) is 16.8 Å². The van der Waals surface area contributed by atoms with Gasteiger partial charge in [0.15, 0.2) is 0 Å². The van der Waals surface area contributed by atoms with Gasteiger partial charge in [-0.3, -0.25) is 9.59 Å². The number of ether oxygens (including phenoxy) is 1. The Hall–Kier alpha value is -3.76. The van der Waals surface area contributed by atoms with Crippen molar-refractivity contribution in [2.75, 3.05) is 39.9 Å². The van der Waals surface area contributed by atoms with E-state index in [-0.39, 0.29) is 30.0 Å². The number of nitrogens with two attached hydrogens (primary N) is 1. The molecule has 2 amide bonds. The third kappa shape index (κ3) is 5.28. The molecule has 2 aliphatic heterocycles. The maximum Gasteiger partial charge on any atom is 0.255 e. The van der Waals surface area contributed by atoms with Gasteiger partial charge in [0.1, 0.15) is 23.6 Å². The first-order chi connectivity index (χ1) is 21.3. The summed E-state index contributed by atoms with van der Waals surface area (Å²) in [6, 6.07) is 9.97. The van der Waals surface area contributed by atoms with Crippen molar-refractivity contribution in [1.29, 1.82) is 0 Å². The van der Waals surface area contributed by atoms with Gasteiger partial charge in [0, 0.05) is 63.0 Å². The monoisotopic (exact) mass is 600 g/mol. The van der Waals surface area contributed by atoms with Crippen molar-refractivity contribution in [2.45, 2.75) is 64.0 Å². The second kappa shape index (κ2) is 11.6. The molecule has 4 aromatic rings. The molecule has 9 nitrogen and oxygen atoms in total. The highest BCUT2D eigenvalue weighted by molar-refractivity contribution is 5.95. The lowest BCUT2D eigenvalue weighted by atomic mass is 9.88. The predicted octanol–water partition coefficient (Wildman–Crippen LogP) is 4.73. The lowest BCUT2D eigenvalue weighted by Crippen LogP contribution is -2.45. The lowest BCUT2D eigenvalue weighted by molar-refractivity contribution is -0.136. The zero-order valence-corrected chi connectivity index (χ0v) is 25.6. The molecular formula is C34H41FN6O3. The minimum absolute atomic E-state index is 0.0440. The quantitative estimate of drug-likeness (QED) is 0.331. The van der Waals surface area contributed by atoms with E-state index in [0.29, 0.717) is 43.5 Å². The van der Waals surface area contributed by atoms with Crippen LogP contribution in [0, 0.1) is 18.7 Å². The molecule has 2 N–H and O–H groups in total. The third-order valence-corrected chi connectivity index (χ3v) is 9.80. The van der Waals surface area contributed by atoms with E-state index in [1.807, 2.05) is 11.8 Å². The van der Waals surface area contributed by atoms with Crippen LogP contribution in [0.5, 0.6) is 0 Å². The number of hydrogen-bond acceptors (Lipinski definition) is 5. The van der Waals surface area contributed by atoms with Crippen molar-refractivity contribution < 1.29 is 18.7 Å². The molecule has 0 unspecified atom stereocenters. The number of fused-ring (bicyclic) bond motifs is 2. The molecule has 3 fully saturated rings. The van der Waals surface area contributed by atoms with Gasteiger partial charge in [-0.25, -0.2) is 8.91 Å². The smallest absolute Gasteiger partial charge is 0.255 e. The molecule has 7 rings (SSSR count). The number of benzene rings is 1. The number of para-hydroxylation sites is 1. The van der Waals surface area contributed by atoms with Crippen LogP contribution >= 0.6 is 0 Å². The van der Waals surface area contributed by atoms with Crippen LogP contribution in [0.15, 0.2) is 36.5 Å². The molecule has 1 aromatic carbocycles. The molecule has 3 aliphatic rings. The third-order valence-electron chi connectivity index (χ3n) is 9.80. The molecule has 0 spiro atoms. The summed E-state index contributed by atoms with van der Waals surface area (Å²) < 4.78 is 24.7. The van der Waals surface area contributed by atoms with Gasteiger partial charge in [-0.2, -0.15) is 5.10 Å². The van der Waals surface area contributed by atoms with E-state index < -0.39 is 5.82 Å². The van der Waals surface area contributed by atoms with Gasteiger partial charge in [-0.1, -0.05) is 18.2 Å². The summed E-state index contributed by atoms with van der Waals surface area (Å²) >= 11 is 0. The van der Waals surface area contributed by atoms with Gasteiger partial charge in [0.25, 0.3) is 5.91 Å². The minimum Gasteiger partial charge on any atom is -0.375 e. The van der Waals surface area contributed by atoms with Gasteiger partial charge in [-0.05, 0) is 75.0 Å². The Labute approximate surface area is 256 Å². The number of nitrogens with zero attached hydrogens (tertiary/aromatic N) is 5. The van der Waals surface area contributed by atoms with Crippen molar-refractivity contribution in [3.63, 3.8) is 0 Å². The molecule has 10 heteroatoms. The van der Waals surface area contributed by atoms with Crippen molar-refractivity contribution in [3.05, 3.63) is 59.0 Å². The molecule has 0 radical (unpaired) electrons. The molecule has 1 atom stereocenters. The van der Waals surface area contributed by atoms with Crippen molar-refractivity contribution in [3.8, 4) is 11.4 Å². The van der Waals surface area contributed by atoms with Gasteiger partial charge in [-0.15, -0.1) is 0 Å². The minimum atomic E-state index is -0.450.